The lowest BCUT2D eigenvalue weighted by Crippen LogP contribution is -2.39. The first-order valence-corrected chi connectivity index (χ1v) is 9.10. The largest absolute Gasteiger partial charge is 0.482 e. The number of ether oxygens (including phenoxy) is 1. The molecule has 0 saturated heterocycles. The fourth-order valence-electron chi connectivity index (χ4n) is 2.85. The first-order chi connectivity index (χ1) is 12.6. The van der Waals surface area contributed by atoms with E-state index in [1.807, 2.05) is 0 Å². The van der Waals surface area contributed by atoms with Gasteiger partial charge in [0.05, 0.1) is 5.69 Å². The predicted octanol–water partition coefficient (Wildman–Crippen LogP) is 4.51. The van der Waals surface area contributed by atoms with Crippen LogP contribution in [0, 0.1) is 0 Å². The highest BCUT2D eigenvalue weighted by Gasteiger charge is 2.25. The molecule has 0 aromatic heterocycles. The minimum Gasteiger partial charge on any atom is -0.482 e. The van der Waals surface area contributed by atoms with E-state index in [0.29, 0.717) is 34.3 Å². The third-order valence-electron chi connectivity index (χ3n) is 4.25. The quantitative estimate of drug-likeness (QED) is 0.759. The summed E-state index contributed by atoms with van der Waals surface area (Å²) in [5.41, 5.74) is 1.83. The van der Waals surface area contributed by atoms with Gasteiger partial charge in [0, 0.05) is 22.8 Å². The predicted molar refractivity (Wildman–Crippen MR) is 103 cm³/mol. The summed E-state index contributed by atoms with van der Waals surface area (Å²) in [7, 11) is 0. The van der Waals surface area contributed by atoms with Crippen LogP contribution in [-0.2, 0) is 4.79 Å². The summed E-state index contributed by atoms with van der Waals surface area (Å²) in [4.78, 5) is 26.4. The highest BCUT2D eigenvalue weighted by Crippen LogP contribution is 2.35. The van der Waals surface area contributed by atoms with Crippen LogP contribution in [0.5, 0.6) is 5.75 Å². The molecule has 26 heavy (non-hydrogen) atoms. The molecule has 1 aliphatic heterocycles. The smallest absolute Gasteiger partial charge is 0.265 e. The minimum atomic E-state index is -0.234. The van der Waals surface area contributed by atoms with Gasteiger partial charge in [-0.2, -0.15) is 0 Å². The van der Waals surface area contributed by atoms with Crippen molar-refractivity contribution in [2.75, 3.05) is 23.4 Å². The topological polar surface area (TPSA) is 58.6 Å². The molecule has 0 fully saturated rings. The standard InChI is InChI=1S/C20H21ClN2O3/c1-2-3-4-11-23-17-12-16(9-10-18(17)26-13-19(23)24)22-20(25)14-5-7-15(21)8-6-14/h5-10,12H,2-4,11,13H2,1H3,(H,22,25). The van der Waals surface area contributed by atoms with E-state index < -0.39 is 0 Å². The molecular formula is C20H21ClN2O3. The maximum Gasteiger partial charge on any atom is 0.265 e. The number of unbranched alkanes of at least 4 members (excludes halogenated alkanes) is 2. The highest BCUT2D eigenvalue weighted by atomic mass is 35.5. The molecule has 1 N–H and O–H groups in total. The summed E-state index contributed by atoms with van der Waals surface area (Å²) in [6, 6.07) is 12.0. The maximum absolute atomic E-state index is 12.4. The maximum atomic E-state index is 12.4. The Labute approximate surface area is 157 Å². The van der Waals surface area contributed by atoms with Crippen molar-refractivity contribution in [3.05, 3.63) is 53.1 Å². The molecule has 1 heterocycles. The zero-order valence-corrected chi connectivity index (χ0v) is 15.4. The molecule has 0 radical (unpaired) electrons. The van der Waals surface area contributed by atoms with Crippen LogP contribution in [0.4, 0.5) is 11.4 Å². The Hall–Kier alpha value is -2.53. The van der Waals surface area contributed by atoms with Crippen LogP contribution in [0.25, 0.3) is 0 Å². The van der Waals surface area contributed by atoms with E-state index >= 15 is 0 Å². The number of rotatable bonds is 6. The average molecular weight is 373 g/mol. The number of nitrogens with zero attached hydrogens (tertiary/aromatic N) is 1. The van der Waals surface area contributed by atoms with E-state index in [1.54, 1.807) is 47.4 Å². The third kappa shape index (κ3) is 4.17. The molecule has 3 rings (SSSR count). The van der Waals surface area contributed by atoms with Crippen molar-refractivity contribution in [3.8, 4) is 5.75 Å². The molecule has 0 unspecified atom stereocenters. The lowest BCUT2D eigenvalue weighted by atomic mass is 10.1. The monoisotopic (exact) mass is 372 g/mol. The van der Waals surface area contributed by atoms with Crippen molar-refractivity contribution in [2.45, 2.75) is 26.2 Å². The summed E-state index contributed by atoms with van der Waals surface area (Å²) < 4.78 is 5.51. The molecule has 0 spiro atoms. The zero-order valence-electron chi connectivity index (χ0n) is 14.6. The Bertz CT molecular complexity index is 805. The minimum absolute atomic E-state index is 0.0512. The van der Waals surface area contributed by atoms with Crippen LogP contribution < -0.4 is 15.0 Å². The van der Waals surface area contributed by atoms with E-state index in [2.05, 4.69) is 12.2 Å². The Balaban J connectivity index is 1.79. The van der Waals surface area contributed by atoms with Gasteiger partial charge < -0.3 is 15.0 Å². The number of amides is 2. The highest BCUT2D eigenvalue weighted by molar-refractivity contribution is 6.30. The van der Waals surface area contributed by atoms with Gasteiger partial charge in [-0.25, -0.2) is 0 Å². The second kappa shape index (κ2) is 8.23. The summed E-state index contributed by atoms with van der Waals surface area (Å²) in [6.07, 6.45) is 3.08. The molecule has 0 aliphatic carbocycles. The molecule has 2 amide bonds. The number of carbonyl (C=O) groups is 2. The van der Waals surface area contributed by atoms with Gasteiger partial charge in [-0.3, -0.25) is 9.59 Å². The molecule has 6 heteroatoms. The number of fused-ring (bicyclic) bond motifs is 1. The molecule has 136 valence electrons. The average Bonchev–Trinajstić information content (AvgIpc) is 2.64. The molecule has 1 aliphatic rings. The molecule has 0 bridgehead atoms. The summed E-state index contributed by atoms with van der Waals surface area (Å²) in [6.45, 7) is 2.83. The summed E-state index contributed by atoms with van der Waals surface area (Å²) in [5, 5.41) is 3.43. The second-order valence-corrected chi connectivity index (χ2v) is 6.62. The number of hydrogen-bond acceptors (Lipinski definition) is 3. The number of carbonyl (C=O) groups excluding carboxylic acids is 2. The molecular weight excluding hydrogens is 352 g/mol. The number of hydrogen-bond donors (Lipinski definition) is 1. The van der Waals surface area contributed by atoms with Crippen LogP contribution in [0.2, 0.25) is 5.02 Å². The number of halogens is 1. The fourth-order valence-corrected chi connectivity index (χ4v) is 2.98. The van der Waals surface area contributed by atoms with Gasteiger partial charge in [0.15, 0.2) is 6.61 Å². The molecule has 2 aromatic rings. The lowest BCUT2D eigenvalue weighted by Gasteiger charge is -2.29. The second-order valence-electron chi connectivity index (χ2n) is 6.18. The van der Waals surface area contributed by atoms with Crippen molar-refractivity contribution in [3.63, 3.8) is 0 Å². The van der Waals surface area contributed by atoms with Crippen LogP contribution in [0.3, 0.4) is 0 Å². The normalized spacial score (nSPS) is 13.2. The van der Waals surface area contributed by atoms with E-state index in [1.165, 1.54) is 0 Å². The van der Waals surface area contributed by atoms with Crippen molar-refractivity contribution >= 4 is 34.8 Å². The van der Waals surface area contributed by atoms with Crippen molar-refractivity contribution < 1.29 is 14.3 Å². The Morgan fingerprint density at radius 1 is 1.19 bits per heavy atom. The van der Waals surface area contributed by atoms with Crippen LogP contribution >= 0.6 is 11.6 Å². The van der Waals surface area contributed by atoms with Gasteiger partial charge >= 0.3 is 0 Å². The van der Waals surface area contributed by atoms with Gasteiger partial charge in [-0.05, 0) is 48.9 Å². The first-order valence-electron chi connectivity index (χ1n) is 8.72. The molecule has 0 saturated carbocycles. The van der Waals surface area contributed by atoms with Gasteiger partial charge in [-0.15, -0.1) is 0 Å². The Morgan fingerprint density at radius 2 is 1.96 bits per heavy atom. The van der Waals surface area contributed by atoms with Crippen molar-refractivity contribution in [2.24, 2.45) is 0 Å². The van der Waals surface area contributed by atoms with Gasteiger partial charge in [0.2, 0.25) is 0 Å². The van der Waals surface area contributed by atoms with E-state index in [-0.39, 0.29) is 18.4 Å². The van der Waals surface area contributed by atoms with Gasteiger partial charge in [-0.1, -0.05) is 31.4 Å². The molecule has 0 atom stereocenters. The first kappa shape index (κ1) is 18.3. The number of nitrogens with one attached hydrogen (secondary N) is 1. The SMILES string of the molecule is CCCCCN1C(=O)COc2ccc(NC(=O)c3ccc(Cl)cc3)cc21. The van der Waals surface area contributed by atoms with Crippen LogP contribution in [-0.4, -0.2) is 25.0 Å². The summed E-state index contributed by atoms with van der Waals surface area (Å²) in [5.74, 6) is 0.363. The van der Waals surface area contributed by atoms with Crippen molar-refractivity contribution in [1.29, 1.82) is 0 Å². The molecule has 5 nitrogen and oxygen atoms in total. The van der Waals surface area contributed by atoms with Gasteiger partial charge in [0.25, 0.3) is 11.8 Å². The Morgan fingerprint density at radius 3 is 2.69 bits per heavy atom. The lowest BCUT2D eigenvalue weighted by molar-refractivity contribution is -0.121. The van der Waals surface area contributed by atoms with Crippen LogP contribution in [0.1, 0.15) is 36.5 Å². The summed E-state index contributed by atoms with van der Waals surface area (Å²) >= 11 is 5.85. The van der Waals surface area contributed by atoms with E-state index in [4.69, 9.17) is 16.3 Å². The fraction of sp³-hybridized carbons (Fsp3) is 0.300. The zero-order chi connectivity index (χ0) is 18.5. The number of anilines is 2. The molecule has 2 aromatic carbocycles. The van der Waals surface area contributed by atoms with Crippen LogP contribution in [0.15, 0.2) is 42.5 Å². The third-order valence-corrected chi connectivity index (χ3v) is 4.50. The van der Waals surface area contributed by atoms with Gasteiger partial charge in [0.1, 0.15) is 5.75 Å². The Kier molecular flexibility index (Phi) is 5.78. The van der Waals surface area contributed by atoms with E-state index in [0.717, 1.165) is 19.3 Å². The van der Waals surface area contributed by atoms with Crippen molar-refractivity contribution in [1.82, 2.24) is 0 Å². The van der Waals surface area contributed by atoms with E-state index in [9.17, 15) is 9.59 Å². The number of benzene rings is 2.